The molecule has 1 aliphatic heterocycles. The lowest BCUT2D eigenvalue weighted by atomic mass is 10.2. The molecule has 2 heterocycles. The molecule has 0 saturated carbocycles. The van der Waals surface area contributed by atoms with Gasteiger partial charge >= 0.3 is 0 Å². The highest BCUT2D eigenvalue weighted by Gasteiger charge is 2.33. The molecule has 4 nitrogen and oxygen atoms in total. The van der Waals surface area contributed by atoms with Crippen LogP contribution >= 0.6 is 46.9 Å². The van der Waals surface area contributed by atoms with Crippen molar-refractivity contribution < 1.29 is 8.42 Å². The van der Waals surface area contributed by atoms with Crippen LogP contribution in [0.3, 0.4) is 0 Å². The number of nitrogens with one attached hydrogen (secondary N) is 1. The van der Waals surface area contributed by atoms with Crippen LogP contribution in [0.15, 0.2) is 11.0 Å². The average Bonchev–Trinajstić information content (AvgIpc) is 2.42. The molecule has 1 N–H and O–H groups in total. The van der Waals surface area contributed by atoms with Crippen LogP contribution in [-0.2, 0) is 10.0 Å². The van der Waals surface area contributed by atoms with Gasteiger partial charge in [-0.05, 0) is 6.07 Å². The summed E-state index contributed by atoms with van der Waals surface area (Å²) in [5, 5.41) is 3.02. The molecule has 1 fully saturated rings. The molecular formula is C8H11Cl3N2O2S2. The maximum Gasteiger partial charge on any atom is 0.245 e. The van der Waals surface area contributed by atoms with Gasteiger partial charge in [-0.15, -0.1) is 23.7 Å². The van der Waals surface area contributed by atoms with Crippen molar-refractivity contribution in [1.29, 1.82) is 0 Å². The largest absolute Gasteiger partial charge is 0.313 e. The fourth-order valence-corrected chi connectivity index (χ4v) is 4.85. The lowest BCUT2D eigenvalue weighted by Gasteiger charge is -2.34. The zero-order valence-corrected chi connectivity index (χ0v) is 12.8. The Labute approximate surface area is 120 Å². The van der Waals surface area contributed by atoms with Gasteiger partial charge in [-0.3, -0.25) is 0 Å². The zero-order valence-electron chi connectivity index (χ0n) is 8.81. The summed E-state index contributed by atoms with van der Waals surface area (Å²) in [6.45, 7) is 1.34. The van der Waals surface area contributed by atoms with Crippen LogP contribution in [0.5, 0.6) is 0 Å². The fraction of sp³-hybridized carbons (Fsp3) is 0.500. The van der Waals surface area contributed by atoms with Crippen molar-refractivity contribution in [1.82, 2.24) is 9.62 Å². The lowest BCUT2D eigenvalue weighted by Crippen LogP contribution is -2.57. The Bertz CT molecular complexity index is 499. The average molecular weight is 338 g/mol. The van der Waals surface area contributed by atoms with Crippen LogP contribution in [0.2, 0.25) is 8.67 Å². The normalized spacial score (nSPS) is 16.7. The van der Waals surface area contributed by atoms with Gasteiger partial charge in [0.25, 0.3) is 0 Å². The van der Waals surface area contributed by atoms with Gasteiger partial charge in [0, 0.05) is 26.2 Å². The predicted molar refractivity (Wildman–Crippen MR) is 73.2 cm³/mol. The van der Waals surface area contributed by atoms with E-state index in [1.165, 1.54) is 10.4 Å². The molecule has 9 heteroatoms. The minimum absolute atomic E-state index is 0. The van der Waals surface area contributed by atoms with E-state index in [1.807, 2.05) is 0 Å². The predicted octanol–water partition coefficient (Wildman–Crippen LogP) is 2.07. The monoisotopic (exact) mass is 336 g/mol. The van der Waals surface area contributed by atoms with Gasteiger partial charge < -0.3 is 5.32 Å². The Morgan fingerprint density at radius 2 is 2.06 bits per heavy atom. The van der Waals surface area contributed by atoms with Gasteiger partial charge in [-0.25, -0.2) is 8.42 Å². The molecule has 1 saturated heterocycles. The Morgan fingerprint density at radius 3 is 2.41 bits per heavy atom. The summed E-state index contributed by atoms with van der Waals surface area (Å²) in [6, 6.07) is 1.40. The molecule has 0 aromatic carbocycles. The molecule has 0 aliphatic carbocycles. The topological polar surface area (TPSA) is 49.4 Å². The van der Waals surface area contributed by atoms with Crippen LogP contribution < -0.4 is 5.32 Å². The lowest BCUT2D eigenvalue weighted by molar-refractivity contribution is 0.274. The molecule has 0 atom stereocenters. The third-order valence-electron chi connectivity index (χ3n) is 2.56. The second-order valence-corrected chi connectivity index (χ2v) is 7.77. The summed E-state index contributed by atoms with van der Waals surface area (Å²) < 4.78 is 26.3. The molecule has 1 aromatic heterocycles. The van der Waals surface area contributed by atoms with Crippen LogP contribution in [0.4, 0.5) is 0 Å². The second kappa shape index (κ2) is 5.61. The Kier molecular flexibility index (Phi) is 5.11. The van der Waals surface area contributed by atoms with E-state index < -0.39 is 10.0 Å². The smallest absolute Gasteiger partial charge is 0.245 e. The number of likely N-dealkylation sites (N-methyl/N-ethyl adjacent to an activating group) is 1. The Hall–Kier alpha value is 0.440. The number of rotatable bonds is 3. The van der Waals surface area contributed by atoms with Gasteiger partial charge in [0.1, 0.15) is 9.23 Å². The standard InChI is InChI=1S/C8H10Cl2N2O2S2.ClH/c1-12(5-3-11-4-5)16(13,14)6-2-7(9)15-8(6)10;/h2,5,11H,3-4H2,1H3;1H. The first-order chi connectivity index (χ1) is 7.43. The molecule has 17 heavy (non-hydrogen) atoms. The third-order valence-corrected chi connectivity index (χ3v) is 6.22. The molecule has 98 valence electrons. The van der Waals surface area contributed by atoms with Gasteiger partial charge in [0.05, 0.1) is 4.34 Å². The number of hydrogen-bond acceptors (Lipinski definition) is 4. The Balaban J connectivity index is 0.00000144. The molecule has 0 radical (unpaired) electrons. The van der Waals surface area contributed by atoms with Crippen molar-refractivity contribution in [3.63, 3.8) is 0 Å². The highest BCUT2D eigenvalue weighted by atomic mass is 35.5. The summed E-state index contributed by atoms with van der Waals surface area (Å²) in [4.78, 5) is 0.0959. The van der Waals surface area contributed by atoms with Crippen LogP contribution in [0.1, 0.15) is 0 Å². The summed E-state index contributed by atoms with van der Waals surface area (Å²) in [5.74, 6) is 0. The van der Waals surface area contributed by atoms with Gasteiger partial charge in [0.2, 0.25) is 10.0 Å². The van der Waals surface area contributed by atoms with Crippen LogP contribution in [0.25, 0.3) is 0 Å². The zero-order chi connectivity index (χ0) is 11.9. The van der Waals surface area contributed by atoms with Crippen molar-refractivity contribution in [2.75, 3.05) is 20.1 Å². The number of halogens is 3. The second-order valence-electron chi connectivity index (χ2n) is 3.52. The van der Waals surface area contributed by atoms with Crippen LogP contribution in [-0.4, -0.2) is 38.9 Å². The molecule has 1 aromatic rings. The number of sulfonamides is 1. The minimum Gasteiger partial charge on any atom is -0.313 e. The van der Waals surface area contributed by atoms with Gasteiger partial charge in [-0.2, -0.15) is 4.31 Å². The molecular weight excluding hydrogens is 327 g/mol. The van der Waals surface area contributed by atoms with E-state index in [2.05, 4.69) is 5.32 Å². The first-order valence-electron chi connectivity index (χ1n) is 4.56. The van der Waals surface area contributed by atoms with Gasteiger partial charge in [-0.1, -0.05) is 23.2 Å². The highest BCUT2D eigenvalue weighted by molar-refractivity contribution is 7.89. The van der Waals surface area contributed by atoms with E-state index in [1.54, 1.807) is 7.05 Å². The maximum absolute atomic E-state index is 12.2. The first kappa shape index (κ1) is 15.5. The maximum atomic E-state index is 12.2. The number of nitrogens with zero attached hydrogens (tertiary/aromatic N) is 1. The van der Waals surface area contributed by atoms with Crippen LogP contribution in [0, 0.1) is 0 Å². The molecule has 0 unspecified atom stereocenters. The van der Waals surface area contributed by atoms with E-state index in [0.29, 0.717) is 17.4 Å². The molecule has 0 amide bonds. The summed E-state index contributed by atoms with van der Waals surface area (Å²) in [7, 11) is -1.96. The van der Waals surface area contributed by atoms with Crippen molar-refractivity contribution >= 4 is 57.0 Å². The van der Waals surface area contributed by atoms with E-state index in [-0.39, 0.29) is 27.7 Å². The van der Waals surface area contributed by atoms with E-state index in [9.17, 15) is 8.42 Å². The first-order valence-corrected chi connectivity index (χ1v) is 7.58. The molecule has 2 rings (SSSR count). The molecule has 0 bridgehead atoms. The van der Waals surface area contributed by atoms with Gasteiger partial charge in [0.15, 0.2) is 0 Å². The summed E-state index contributed by atoms with van der Waals surface area (Å²) in [5.41, 5.74) is 0. The summed E-state index contributed by atoms with van der Waals surface area (Å²) in [6.07, 6.45) is 0. The fourth-order valence-electron chi connectivity index (χ4n) is 1.38. The third kappa shape index (κ3) is 2.89. The molecule has 0 spiro atoms. The minimum atomic E-state index is -3.52. The van der Waals surface area contributed by atoms with Crippen molar-refractivity contribution in [2.24, 2.45) is 0 Å². The SMILES string of the molecule is CN(C1CNC1)S(=O)(=O)c1cc(Cl)sc1Cl.Cl. The van der Waals surface area contributed by atoms with Crippen molar-refractivity contribution in [2.45, 2.75) is 10.9 Å². The number of thiophene rings is 1. The van der Waals surface area contributed by atoms with Crippen molar-refractivity contribution in [3.05, 3.63) is 14.7 Å². The van der Waals surface area contributed by atoms with E-state index >= 15 is 0 Å². The Morgan fingerprint density at radius 1 is 1.47 bits per heavy atom. The quantitative estimate of drug-likeness (QED) is 0.918. The van der Waals surface area contributed by atoms with Crippen molar-refractivity contribution in [3.8, 4) is 0 Å². The van der Waals surface area contributed by atoms with E-state index in [4.69, 9.17) is 23.2 Å². The highest BCUT2D eigenvalue weighted by Crippen LogP contribution is 2.36. The summed E-state index contributed by atoms with van der Waals surface area (Å²) >= 11 is 12.7. The van der Waals surface area contributed by atoms with E-state index in [0.717, 1.165) is 11.3 Å². The number of hydrogen-bond donors (Lipinski definition) is 1. The molecule has 1 aliphatic rings.